The lowest BCUT2D eigenvalue weighted by Gasteiger charge is -2.12. The third kappa shape index (κ3) is 2.64. The van der Waals surface area contributed by atoms with Crippen molar-refractivity contribution < 1.29 is 13.2 Å². The van der Waals surface area contributed by atoms with Gasteiger partial charge in [-0.1, -0.05) is 12.1 Å². The van der Waals surface area contributed by atoms with Crippen LogP contribution in [0.4, 0.5) is 13.2 Å². The van der Waals surface area contributed by atoms with E-state index in [1.54, 1.807) is 19.9 Å². The van der Waals surface area contributed by atoms with E-state index in [-0.39, 0.29) is 17.7 Å². The number of benzene rings is 1. The molecule has 6 heteroatoms. The summed E-state index contributed by atoms with van der Waals surface area (Å²) in [6.07, 6.45) is -4.38. The molecule has 0 aliphatic rings. The number of hydrogen-bond donors (Lipinski definition) is 1. The molecule has 0 unspecified atom stereocenters. The third-order valence-corrected chi connectivity index (χ3v) is 3.38. The van der Waals surface area contributed by atoms with Gasteiger partial charge in [0.2, 0.25) is 0 Å². The Labute approximate surface area is 114 Å². The Morgan fingerprint density at radius 3 is 2.35 bits per heavy atom. The first-order chi connectivity index (χ1) is 9.20. The highest BCUT2D eigenvalue weighted by atomic mass is 19.4. The minimum Gasteiger partial charge on any atom is -0.299 e. The second kappa shape index (κ2) is 4.85. The summed E-state index contributed by atoms with van der Waals surface area (Å²) in [7, 11) is 0. The first kappa shape index (κ1) is 14.4. The van der Waals surface area contributed by atoms with Crippen LogP contribution in [0.25, 0.3) is 0 Å². The number of rotatable bonds is 2. The average molecular weight is 284 g/mol. The van der Waals surface area contributed by atoms with E-state index < -0.39 is 11.7 Å². The zero-order valence-electron chi connectivity index (χ0n) is 11.4. The predicted octanol–water partition coefficient (Wildman–Crippen LogP) is 3.17. The number of nitrogens with zero attached hydrogens (tertiary/aromatic N) is 1. The highest BCUT2D eigenvalue weighted by molar-refractivity contribution is 5.33. The van der Waals surface area contributed by atoms with Crippen molar-refractivity contribution in [3.8, 4) is 0 Å². The fraction of sp³-hybridized carbons (Fsp3) is 0.357. The molecule has 2 aromatic rings. The summed E-state index contributed by atoms with van der Waals surface area (Å²) in [6.45, 7) is 4.95. The van der Waals surface area contributed by atoms with Gasteiger partial charge in [-0.15, -0.1) is 0 Å². The van der Waals surface area contributed by atoms with E-state index in [9.17, 15) is 18.0 Å². The smallest absolute Gasteiger partial charge is 0.299 e. The quantitative estimate of drug-likeness (QED) is 0.903. The van der Waals surface area contributed by atoms with Crippen LogP contribution in [0.5, 0.6) is 0 Å². The maximum atomic E-state index is 12.8. The van der Waals surface area contributed by atoms with Gasteiger partial charge in [-0.3, -0.25) is 9.89 Å². The highest BCUT2D eigenvalue weighted by Crippen LogP contribution is 2.32. The monoisotopic (exact) mass is 284 g/mol. The fourth-order valence-electron chi connectivity index (χ4n) is 2.07. The van der Waals surface area contributed by atoms with Crippen LogP contribution in [-0.4, -0.2) is 9.78 Å². The molecule has 0 spiro atoms. The molecule has 1 aromatic carbocycles. The molecular weight excluding hydrogens is 269 g/mol. The lowest BCUT2D eigenvalue weighted by atomic mass is 10.0. The van der Waals surface area contributed by atoms with E-state index in [0.29, 0.717) is 11.1 Å². The SMILES string of the molecule is Cc1ccc(Cn2[nH]c(C)c(C)c2=O)cc1C(F)(F)F. The Morgan fingerprint density at radius 1 is 1.20 bits per heavy atom. The van der Waals surface area contributed by atoms with Crippen LogP contribution < -0.4 is 5.56 Å². The molecule has 0 radical (unpaired) electrons. The molecule has 0 aliphatic carbocycles. The Balaban J connectivity index is 2.40. The molecule has 2 rings (SSSR count). The summed E-state index contributed by atoms with van der Waals surface area (Å²) < 4.78 is 39.8. The van der Waals surface area contributed by atoms with Crippen LogP contribution in [0.1, 0.15) is 27.9 Å². The van der Waals surface area contributed by atoms with Gasteiger partial charge < -0.3 is 0 Å². The first-order valence-electron chi connectivity index (χ1n) is 6.13. The van der Waals surface area contributed by atoms with Gasteiger partial charge in [-0.05, 0) is 38.0 Å². The largest absolute Gasteiger partial charge is 0.416 e. The average Bonchev–Trinajstić information content (AvgIpc) is 2.58. The lowest BCUT2D eigenvalue weighted by Crippen LogP contribution is -2.19. The van der Waals surface area contributed by atoms with Crippen LogP contribution in [0, 0.1) is 20.8 Å². The molecule has 0 saturated carbocycles. The number of alkyl halides is 3. The van der Waals surface area contributed by atoms with Crippen molar-refractivity contribution in [1.29, 1.82) is 0 Å². The third-order valence-electron chi connectivity index (χ3n) is 3.38. The lowest BCUT2D eigenvalue weighted by molar-refractivity contribution is -0.138. The van der Waals surface area contributed by atoms with Crippen molar-refractivity contribution in [3.05, 3.63) is 56.5 Å². The van der Waals surface area contributed by atoms with Crippen LogP contribution in [0.3, 0.4) is 0 Å². The van der Waals surface area contributed by atoms with Gasteiger partial charge in [0.1, 0.15) is 0 Å². The summed E-state index contributed by atoms with van der Waals surface area (Å²) in [5.41, 5.74) is 1.03. The number of halogens is 3. The van der Waals surface area contributed by atoms with Crippen LogP contribution >= 0.6 is 0 Å². The molecule has 0 aliphatic heterocycles. The molecule has 20 heavy (non-hydrogen) atoms. The maximum absolute atomic E-state index is 12.8. The summed E-state index contributed by atoms with van der Waals surface area (Å²) >= 11 is 0. The topological polar surface area (TPSA) is 37.8 Å². The Hall–Kier alpha value is -1.98. The van der Waals surface area contributed by atoms with E-state index in [2.05, 4.69) is 5.10 Å². The Kier molecular flexibility index (Phi) is 3.50. The van der Waals surface area contributed by atoms with Crippen molar-refractivity contribution in [2.75, 3.05) is 0 Å². The van der Waals surface area contributed by atoms with Gasteiger partial charge in [0.25, 0.3) is 5.56 Å². The van der Waals surface area contributed by atoms with E-state index in [4.69, 9.17) is 0 Å². The zero-order valence-corrected chi connectivity index (χ0v) is 11.4. The zero-order chi connectivity index (χ0) is 15.1. The number of aromatic nitrogens is 2. The van der Waals surface area contributed by atoms with Gasteiger partial charge in [0.15, 0.2) is 0 Å². The summed E-state index contributed by atoms with van der Waals surface area (Å²) in [5.74, 6) is 0. The molecule has 0 amide bonds. The van der Waals surface area contributed by atoms with E-state index >= 15 is 0 Å². The van der Waals surface area contributed by atoms with Crippen LogP contribution in [-0.2, 0) is 12.7 Å². The highest BCUT2D eigenvalue weighted by Gasteiger charge is 2.32. The maximum Gasteiger partial charge on any atom is 0.416 e. The van der Waals surface area contributed by atoms with Gasteiger partial charge in [0.05, 0.1) is 12.1 Å². The summed E-state index contributed by atoms with van der Waals surface area (Å²) in [4.78, 5) is 11.9. The molecule has 108 valence electrons. The van der Waals surface area contributed by atoms with Gasteiger partial charge in [0, 0.05) is 11.3 Å². The van der Waals surface area contributed by atoms with E-state index in [0.717, 1.165) is 11.8 Å². The van der Waals surface area contributed by atoms with Gasteiger partial charge >= 0.3 is 6.18 Å². The second-order valence-corrected chi connectivity index (χ2v) is 4.90. The van der Waals surface area contributed by atoms with Crippen LogP contribution in [0.2, 0.25) is 0 Å². The molecular formula is C14H15F3N2O. The van der Waals surface area contributed by atoms with Crippen molar-refractivity contribution in [1.82, 2.24) is 9.78 Å². The minimum absolute atomic E-state index is 0.0941. The van der Waals surface area contributed by atoms with Crippen molar-refractivity contribution >= 4 is 0 Å². The van der Waals surface area contributed by atoms with E-state index in [1.165, 1.54) is 17.7 Å². The standard InChI is InChI=1S/C14H15F3N2O/c1-8-4-5-11(6-12(8)14(15,16)17)7-19-13(20)9(2)10(3)18-19/h4-6,18H,7H2,1-3H3. The number of nitrogens with one attached hydrogen (secondary N) is 1. The summed E-state index contributed by atoms with van der Waals surface area (Å²) in [6, 6.07) is 4.11. The van der Waals surface area contributed by atoms with Crippen LogP contribution in [0.15, 0.2) is 23.0 Å². The first-order valence-corrected chi connectivity index (χ1v) is 6.13. The summed E-state index contributed by atoms with van der Waals surface area (Å²) in [5, 5.41) is 2.86. The van der Waals surface area contributed by atoms with Crippen molar-refractivity contribution in [2.24, 2.45) is 0 Å². The number of hydrogen-bond acceptors (Lipinski definition) is 1. The Bertz CT molecular complexity index is 695. The molecule has 0 fully saturated rings. The number of H-pyrrole nitrogens is 1. The van der Waals surface area contributed by atoms with Gasteiger partial charge in [-0.25, -0.2) is 4.68 Å². The second-order valence-electron chi connectivity index (χ2n) is 4.90. The molecule has 3 nitrogen and oxygen atoms in total. The van der Waals surface area contributed by atoms with Crippen molar-refractivity contribution in [2.45, 2.75) is 33.5 Å². The number of aromatic amines is 1. The molecule has 0 bridgehead atoms. The Morgan fingerprint density at radius 2 is 1.85 bits per heavy atom. The molecule has 1 aromatic heterocycles. The van der Waals surface area contributed by atoms with E-state index in [1.807, 2.05) is 0 Å². The normalized spacial score (nSPS) is 11.9. The molecule has 1 N–H and O–H groups in total. The van der Waals surface area contributed by atoms with Gasteiger partial charge in [-0.2, -0.15) is 13.2 Å². The molecule has 0 saturated heterocycles. The molecule has 1 heterocycles. The van der Waals surface area contributed by atoms with Crippen molar-refractivity contribution in [3.63, 3.8) is 0 Å². The number of aryl methyl sites for hydroxylation is 2. The minimum atomic E-state index is -4.38. The molecule has 0 atom stereocenters. The predicted molar refractivity (Wildman–Crippen MR) is 69.8 cm³/mol. The fourth-order valence-corrected chi connectivity index (χ4v) is 2.07.